The molecule has 0 fully saturated rings. The molecule has 1 atom stereocenters. The summed E-state index contributed by atoms with van der Waals surface area (Å²) in [4.78, 5) is 58.4. The van der Waals surface area contributed by atoms with Gasteiger partial charge < -0.3 is 19.4 Å². The molecule has 0 saturated heterocycles. The first-order valence-corrected chi connectivity index (χ1v) is 18.2. The average molecular weight is 751 g/mol. The van der Waals surface area contributed by atoms with Crippen molar-refractivity contribution in [3.63, 3.8) is 0 Å². The molecular weight excluding hydrogens is 713 g/mol. The first-order chi connectivity index (χ1) is 26.5. The van der Waals surface area contributed by atoms with Crippen LogP contribution in [0.5, 0.6) is 0 Å². The molecule has 5 aromatic rings. The fourth-order valence-electron chi connectivity index (χ4n) is 5.63. The summed E-state index contributed by atoms with van der Waals surface area (Å²) in [6.07, 6.45) is 0. The van der Waals surface area contributed by atoms with Crippen LogP contribution in [0.15, 0.2) is 159 Å². The summed E-state index contributed by atoms with van der Waals surface area (Å²) in [5, 5.41) is 12.3. The van der Waals surface area contributed by atoms with Gasteiger partial charge in [0.2, 0.25) is 0 Å². The predicted octanol–water partition coefficient (Wildman–Crippen LogP) is 10.00. The van der Waals surface area contributed by atoms with Gasteiger partial charge in [-0.05, 0) is 124 Å². The highest BCUT2D eigenvalue weighted by atomic mass is 32.2. The number of hydrogen-bond donors (Lipinski definition) is 0. The number of allylic oxidation sites excluding steroid dienone is 1. The Labute approximate surface area is 323 Å². The largest absolute Gasteiger partial charge is 0.362 e. The van der Waals surface area contributed by atoms with Gasteiger partial charge in [0.25, 0.3) is 0 Å². The molecule has 0 spiro atoms. The number of rotatable bonds is 5. The van der Waals surface area contributed by atoms with Gasteiger partial charge in [-0.25, -0.2) is 9.59 Å². The fourth-order valence-corrected chi connectivity index (χ4v) is 6.45. The van der Waals surface area contributed by atoms with Gasteiger partial charge in [0.05, 0.1) is 11.4 Å². The number of hydrogen-bond acceptors (Lipinski definition) is 11. The van der Waals surface area contributed by atoms with E-state index in [4.69, 9.17) is 14.5 Å². The molecule has 276 valence electrons. The monoisotopic (exact) mass is 750 g/mol. The molecule has 1 unspecified atom stereocenters. The summed E-state index contributed by atoms with van der Waals surface area (Å²) in [7, 11) is 0. The lowest BCUT2D eigenvalue weighted by Gasteiger charge is -2.26. The van der Waals surface area contributed by atoms with Crippen molar-refractivity contribution in [2.75, 3.05) is 4.90 Å². The molecule has 5 heterocycles. The van der Waals surface area contributed by atoms with Crippen molar-refractivity contribution in [2.45, 2.75) is 44.4 Å². The molecular formula is C44H38N4O6S. The number of benzene rings is 5. The molecule has 0 N–H and O–H groups in total. The standard InChI is InChI=1S/C44H38N4O6S/c1-27(2)52-45-29(4)32-7-17-37(18-8-32)48-38-19-9-34(10-20-38)42(47-53-31(6)49)28(3)44(51)54-46-30(5)33-13-23-40(24-14-33)55-41-25-15-36(16-26-41)43(50)35-11-21-39(48)22-12-35/h7-26,28H,1H2,2-6H3/b45-29+,46-30?,47-42?. The van der Waals surface area contributed by atoms with E-state index in [1.54, 1.807) is 44.7 Å². The molecule has 11 heteroatoms. The third kappa shape index (κ3) is 9.32. The molecule has 5 aliphatic heterocycles. The lowest BCUT2D eigenvalue weighted by Crippen LogP contribution is -2.24. The summed E-state index contributed by atoms with van der Waals surface area (Å²) in [6.45, 7) is 11.9. The van der Waals surface area contributed by atoms with E-state index in [9.17, 15) is 14.4 Å². The minimum absolute atomic E-state index is 0.0924. The summed E-state index contributed by atoms with van der Waals surface area (Å²) in [6, 6.07) is 37.7. The second kappa shape index (κ2) is 17.0. The molecule has 10 nitrogen and oxygen atoms in total. The molecule has 0 aliphatic carbocycles. The quantitative estimate of drug-likeness (QED) is 0.0754. The fraction of sp³-hybridized carbons (Fsp3) is 0.136. The Hall–Kier alpha value is -6.59. The highest BCUT2D eigenvalue weighted by Gasteiger charge is 2.25. The van der Waals surface area contributed by atoms with E-state index in [-0.39, 0.29) is 11.5 Å². The number of carbonyl (C=O) groups excluding carboxylic acids is 3. The Bertz CT molecular complexity index is 2320. The third-order valence-corrected chi connectivity index (χ3v) is 9.64. The summed E-state index contributed by atoms with van der Waals surface area (Å²) in [5.41, 5.74) is 7.01. The van der Waals surface area contributed by atoms with Gasteiger partial charge >= 0.3 is 11.9 Å². The average Bonchev–Trinajstić information content (AvgIpc) is 3.20. The number of carbonyl (C=O) groups is 3. The molecule has 55 heavy (non-hydrogen) atoms. The Morgan fingerprint density at radius 2 is 1.18 bits per heavy atom. The molecule has 0 aromatic heterocycles. The van der Waals surface area contributed by atoms with Gasteiger partial charge in [-0.1, -0.05) is 70.2 Å². The zero-order chi connectivity index (χ0) is 39.1. The van der Waals surface area contributed by atoms with Crippen LogP contribution in [0, 0.1) is 5.92 Å². The highest BCUT2D eigenvalue weighted by molar-refractivity contribution is 7.99. The van der Waals surface area contributed by atoms with Crippen LogP contribution in [0.4, 0.5) is 17.1 Å². The van der Waals surface area contributed by atoms with Crippen LogP contribution in [0.3, 0.4) is 0 Å². The van der Waals surface area contributed by atoms with Crippen LogP contribution in [0.2, 0.25) is 0 Å². The van der Waals surface area contributed by atoms with Gasteiger partial charge in [-0.3, -0.25) is 4.79 Å². The van der Waals surface area contributed by atoms with Crippen molar-refractivity contribution in [1.82, 2.24) is 0 Å². The van der Waals surface area contributed by atoms with Crippen LogP contribution in [-0.4, -0.2) is 34.9 Å². The molecule has 8 bridgehead atoms. The third-order valence-electron chi connectivity index (χ3n) is 8.62. The van der Waals surface area contributed by atoms with Gasteiger partial charge in [0.1, 0.15) is 17.4 Å². The maximum atomic E-state index is 13.6. The predicted molar refractivity (Wildman–Crippen MR) is 215 cm³/mol. The van der Waals surface area contributed by atoms with Crippen molar-refractivity contribution in [3.8, 4) is 0 Å². The van der Waals surface area contributed by atoms with Gasteiger partial charge in [-0.15, -0.1) is 0 Å². The van der Waals surface area contributed by atoms with Crippen molar-refractivity contribution in [1.29, 1.82) is 0 Å². The van der Waals surface area contributed by atoms with E-state index in [1.165, 1.54) is 6.92 Å². The molecule has 5 aromatic carbocycles. The number of fused-ring (bicyclic) bond motifs is 4. The van der Waals surface area contributed by atoms with E-state index in [0.717, 1.165) is 38.0 Å². The molecule has 0 amide bonds. The first-order valence-electron chi connectivity index (χ1n) is 17.4. The minimum Gasteiger partial charge on any atom is -0.362 e. The molecule has 5 aliphatic rings. The van der Waals surface area contributed by atoms with Gasteiger partial charge in [0, 0.05) is 50.5 Å². The second-order valence-corrected chi connectivity index (χ2v) is 13.9. The summed E-state index contributed by atoms with van der Waals surface area (Å²) < 4.78 is 0. The highest BCUT2D eigenvalue weighted by Crippen LogP contribution is 2.36. The van der Waals surface area contributed by atoms with E-state index >= 15 is 0 Å². The molecule has 10 rings (SSSR count). The van der Waals surface area contributed by atoms with Crippen LogP contribution in [-0.2, 0) is 24.1 Å². The minimum atomic E-state index is -0.950. The Morgan fingerprint density at radius 1 is 0.709 bits per heavy atom. The van der Waals surface area contributed by atoms with Crippen molar-refractivity contribution in [3.05, 3.63) is 161 Å². The number of nitrogens with zero attached hydrogens (tertiary/aromatic N) is 4. The maximum Gasteiger partial charge on any atom is 0.343 e. The van der Waals surface area contributed by atoms with E-state index in [1.807, 2.05) is 121 Å². The van der Waals surface area contributed by atoms with Crippen LogP contribution < -0.4 is 4.90 Å². The van der Waals surface area contributed by atoms with E-state index < -0.39 is 17.9 Å². The molecule has 0 radical (unpaired) electrons. The zero-order valence-corrected chi connectivity index (χ0v) is 31.8. The maximum absolute atomic E-state index is 13.6. The van der Waals surface area contributed by atoms with Gasteiger partial charge in [-0.2, -0.15) is 0 Å². The van der Waals surface area contributed by atoms with Gasteiger partial charge in [0.15, 0.2) is 5.78 Å². The van der Waals surface area contributed by atoms with E-state index in [0.29, 0.717) is 33.9 Å². The van der Waals surface area contributed by atoms with Crippen molar-refractivity contribution in [2.24, 2.45) is 21.4 Å². The van der Waals surface area contributed by atoms with E-state index in [2.05, 4.69) is 22.0 Å². The smallest absolute Gasteiger partial charge is 0.343 e. The lowest BCUT2D eigenvalue weighted by atomic mass is 9.98. The lowest BCUT2D eigenvalue weighted by molar-refractivity contribution is -0.146. The van der Waals surface area contributed by atoms with Crippen LogP contribution in [0.25, 0.3) is 0 Å². The second-order valence-electron chi connectivity index (χ2n) is 12.8. The molecule has 0 saturated carbocycles. The Balaban J connectivity index is 1.43. The van der Waals surface area contributed by atoms with Crippen molar-refractivity contribution < 1.29 is 28.9 Å². The summed E-state index contributed by atoms with van der Waals surface area (Å²) in [5.74, 6) is -1.88. The zero-order valence-electron chi connectivity index (χ0n) is 31.0. The SMILES string of the molecule is C=C(C)O/N=C(\C)c1ccc(N2c3ccc(cc3)C(=O)c3ccc(cc3)Sc3ccc(cc3)C(C)=NOC(=O)C(C)C(=NOC(C)=O)c3ccc2cc3)cc1. The Morgan fingerprint density at radius 3 is 1.69 bits per heavy atom. The topological polar surface area (TPSA) is 119 Å². The van der Waals surface area contributed by atoms with Crippen LogP contribution in [0.1, 0.15) is 67.2 Å². The number of ketones is 1. The number of anilines is 3. The van der Waals surface area contributed by atoms with Crippen molar-refractivity contribution >= 4 is 63.7 Å². The summed E-state index contributed by atoms with van der Waals surface area (Å²) >= 11 is 1.56. The normalized spacial score (nSPS) is 15.7. The first kappa shape index (κ1) is 38.1. The Kier molecular flexibility index (Phi) is 11.8. The van der Waals surface area contributed by atoms with Crippen LogP contribution >= 0.6 is 11.8 Å². The number of oxime groups is 3.